The molecule has 0 unspecified atom stereocenters. The third-order valence-corrected chi connectivity index (χ3v) is 3.01. The van der Waals surface area contributed by atoms with Crippen molar-refractivity contribution in [3.8, 4) is 0 Å². The number of hydrogen-bond acceptors (Lipinski definition) is 2. The number of fused-ring (bicyclic) bond motifs is 1. The number of rotatable bonds is 6. The first-order valence-corrected chi connectivity index (χ1v) is 6.67. The van der Waals surface area contributed by atoms with Crippen LogP contribution in [0.4, 0.5) is 0 Å². The van der Waals surface area contributed by atoms with Crippen LogP contribution < -0.4 is 5.32 Å². The van der Waals surface area contributed by atoms with E-state index in [2.05, 4.69) is 5.32 Å². The molecule has 0 fully saturated rings. The second-order valence-electron chi connectivity index (χ2n) is 4.15. The number of furan rings is 1. The number of halogens is 1. The third kappa shape index (κ3) is 3.26. The second kappa shape index (κ2) is 6.45. The van der Waals surface area contributed by atoms with Crippen LogP contribution in [0, 0.1) is 0 Å². The molecular weight excluding hydrogens is 250 g/mol. The van der Waals surface area contributed by atoms with Gasteiger partial charge >= 0.3 is 0 Å². The molecule has 18 heavy (non-hydrogen) atoms. The molecule has 2 rings (SSSR count). The van der Waals surface area contributed by atoms with Crippen LogP contribution in [0.15, 0.2) is 34.7 Å². The SMILES string of the molecule is O=C(NCCCCCCl)c1cc2ccccc2o1. The van der Waals surface area contributed by atoms with Crippen molar-refractivity contribution in [2.75, 3.05) is 12.4 Å². The van der Waals surface area contributed by atoms with Crippen molar-refractivity contribution in [2.45, 2.75) is 19.3 Å². The molecule has 1 amide bonds. The summed E-state index contributed by atoms with van der Waals surface area (Å²) in [7, 11) is 0. The van der Waals surface area contributed by atoms with E-state index in [1.165, 1.54) is 0 Å². The van der Waals surface area contributed by atoms with Gasteiger partial charge in [-0.3, -0.25) is 4.79 Å². The topological polar surface area (TPSA) is 42.2 Å². The molecule has 2 aromatic rings. The summed E-state index contributed by atoms with van der Waals surface area (Å²) < 4.78 is 5.47. The fraction of sp³-hybridized carbons (Fsp3) is 0.357. The zero-order chi connectivity index (χ0) is 12.8. The van der Waals surface area contributed by atoms with Crippen LogP contribution in [-0.2, 0) is 0 Å². The van der Waals surface area contributed by atoms with Gasteiger partial charge in [0.1, 0.15) is 5.58 Å². The molecule has 3 nitrogen and oxygen atoms in total. The van der Waals surface area contributed by atoms with Gasteiger partial charge < -0.3 is 9.73 Å². The minimum atomic E-state index is -0.155. The molecular formula is C14H16ClNO2. The Morgan fingerprint density at radius 1 is 1.22 bits per heavy atom. The summed E-state index contributed by atoms with van der Waals surface area (Å²) in [5.74, 6) is 0.892. The van der Waals surface area contributed by atoms with Gasteiger partial charge in [0.25, 0.3) is 5.91 Å². The molecule has 0 saturated carbocycles. The van der Waals surface area contributed by atoms with Crippen molar-refractivity contribution in [2.24, 2.45) is 0 Å². The van der Waals surface area contributed by atoms with Crippen molar-refractivity contribution in [3.05, 3.63) is 36.1 Å². The largest absolute Gasteiger partial charge is 0.451 e. The molecule has 0 aliphatic carbocycles. The molecule has 0 aliphatic rings. The Labute approximate surface area is 111 Å². The quantitative estimate of drug-likeness (QED) is 0.641. The number of hydrogen-bond donors (Lipinski definition) is 1. The van der Waals surface area contributed by atoms with Crippen molar-refractivity contribution in [1.82, 2.24) is 5.32 Å². The lowest BCUT2D eigenvalue weighted by Crippen LogP contribution is -2.23. The van der Waals surface area contributed by atoms with Crippen LogP contribution in [0.1, 0.15) is 29.8 Å². The van der Waals surface area contributed by atoms with E-state index in [0.29, 0.717) is 18.2 Å². The van der Waals surface area contributed by atoms with E-state index < -0.39 is 0 Å². The Kier molecular flexibility index (Phi) is 4.65. The van der Waals surface area contributed by atoms with Crippen LogP contribution in [0.25, 0.3) is 11.0 Å². The Morgan fingerprint density at radius 2 is 2.06 bits per heavy atom. The van der Waals surface area contributed by atoms with E-state index in [1.54, 1.807) is 6.07 Å². The van der Waals surface area contributed by atoms with Crippen molar-refractivity contribution in [3.63, 3.8) is 0 Å². The monoisotopic (exact) mass is 265 g/mol. The van der Waals surface area contributed by atoms with Crippen LogP contribution in [0.3, 0.4) is 0 Å². The van der Waals surface area contributed by atoms with E-state index in [1.807, 2.05) is 24.3 Å². The molecule has 0 bridgehead atoms. The maximum absolute atomic E-state index is 11.8. The third-order valence-electron chi connectivity index (χ3n) is 2.75. The van der Waals surface area contributed by atoms with Gasteiger partial charge in [-0.2, -0.15) is 0 Å². The van der Waals surface area contributed by atoms with Gasteiger partial charge in [0.15, 0.2) is 5.76 Å². The predicted octanol–water partition coefficient (Wildman–Crippen LogP) is 3.57. The Balaban J connectivity index is 1.88. The van der Waals surface area contributed by atoms with Crippen LogP contribution in [-0.4, -0.2) is 18.3 Å². The molecule has 0 aliphatic heterocycles. The molecule has 1 heterocycles. The first kappa shape index (κ1) is 13.0. The van der Waals surface area contributed by atoms with Gasteiger partial charge in [0.2, 0.25) is 0 Å². The van der Waals surface area contributed by atoms with Gasteiger partial charge in [0, 0.05) is 17.8 Å². The maximum Gasteiger partial charge on any atom is 0.287 e. The molecule has 0 saturated heterocycles. The lowest BCUT2D eigenvalue weighted by atomic mass is 10.2. The molecule has 1 N–H and O–H groups in total. The first-order valence-electron chi connectivity index (χ1n) is 6.14. The summed E-state index contributed by atoms with van der Waals surface area (Å²) in [5, 5.41) is 3.79. The van der Waals surface area contributed by atoms with Crippen LogP contribution in [0.2, 0.25) is 0 Å². The summed E-state index contributed by atoms with van der Waals surface area (Å²) in [6.45, 7) is 0.659. The molecule has 1 aromatic carbocycles. The van der Waals surface area contributed by atoms with Crippen molar-refractivity contribution >= 4 is 28.5 Å². The zero-order valence-corrected chi connectivity index (χ0v) is 10.9. The van der Waals surface area contributed by atoms with E-state index in [4.69, 9.17) is 16.0 Å². The van der Waals surface area contributed by atoms with Gasteiger partial charge in [-0.05, 0) is 25.0 Å². The lowest BCUT2D eigenvalue weighted by molar-refractivity contribution is 0.0927. The summed E-state index contributed by atoms with van der Waals surface area (Å²) in [5.41, 5.74) is 0.741. The van der Waals surface area contributed by atoms with Gasteiger partial charge in [-0.15, -0.1) is 11.6 Å². The standard InChI is InChI=1S/C14H16ClNO2/c15-8-4-1-5-9-16-14(17)13-10-11-6-2-3-7-12(11)18-13/h2-3,6-7,10H,1,4-5,8-9H2,(H,16,17). The highest BCUT2D eigenvalue weighted by Gasteiger charge is 2.10. The van der Waals surface area contributed by atoms with E-state index in [9.17, 15) is 4.79 Å². The Morgan fingerprint density at radius 3 is 2.83 bits per heavy atom. The minimum Gasteiger partial charge on any atom is -0.451 e. The van der Waals surface area contributed by atoms with E-state index >= 15 is 0 Å². The van der Waals surface area contributed by atoms with E-state index in [-0.39, 0.29) is 5.91 Å². The number of benzene rings is 1. The predicted molar refractivity (Wildman–Crippen MR) is 73.1 cm³/mol. The zero-order valence-electron chi connectivity index (χ0n) is 10.1. The average molecular weight is 266 g/mol. The molecule has 0 spiro atoms. The smallest absolute Gasteiger partial charge is 0.287 e. The minimum absolute atomic E-state index is 0.155. The fourth-order valence-electron chi connectivity index (χ4n) is 1.78. The second-order valence-corrected chi connectivity index (χ2v) is 4.53. The van der Waals surface area contributed by atoms with Crippen molar-refractivity contribution < 1.29 is 9.21 Å². The summed E-state index contributed by atoms with van der Waals surface area (Å²) >= 11 is 5.58. The highest BCUT2D eigenvalue weighted by atomic mass is 35.5. The van der Waals surface area contributed by atoms with E-state index in [0.717, 1.165) is 30.2 Å². The number of para-hydroxylation sites is 1. The number of unbranched alkanes of at least 4 members (excludes halogenated alkanes) is 2. The molecule has 1 aromatic heterocycles. The average Bonchev–Trinajstić information content (AvgIpc) is 2.82. The van der Waals surface area contributed by atoms with Crippen LogP contribution in [0.5, 0.6) is 0 Å². The maximum atomic E-state index is 11.8. The van der Waals surface area contributed by atoms with Gasteiger partial charge in [-0.1, -0.05) is 24.6 Å². The lowest BCUT2D eigenvalue weighted by Gasteiger charge is -2.01. The van der Waals surface area contributed by atoms with Crippen molar-refractivity contribution in [1.29, 1.82) is 0 Å². The molecule has 4 heteroatoms. The normalized spacial score (nSPS) is 10.7. The van der Waals surface area contributed by atoms with Crippen LogP contribution >= 0.6 is 11.6 Å². The number of amides is 1. The summed E-state index contributed by atoms with van der Waals surface area (Å²) in [6, 6.07) is 9.36. The van der Waals surface area contributed by atoms with Gasteiger partial charge in [-0.25, -0.2) is 0 Å². The summed E-state index contributed by atoms with van der Waals surface area (Å²) in [4.78, 5) is 11.8. The molecule has 0 atom stereocenters. The number of carbonyl (C=O) groups is 1. The Bertz CT molecular complexity index is 488. The number of alkyl halides is 1. The first-order chi connectivity index (χ1) is 8.81. The highest BCUT2D eigenvalue weighted by molar-refractivity contribution is 6.17. The number of nitrogens with one attached hydrogen (secondary N) is 1. The fourth-order valence-corrected chi connectivity index (χ4v) is 1.97. The summed E-state index contributed by atoms with van der Waals surface area (Å²) in [6.07, 6.45) is 2.96. The highest BCUT2D eigenvalue weighted by Crippen LogP contribution is 2.18. The Hall–Kier alpha value is -1.48. The number of carbonyl (C=O) groups excluding carboxylic acids is 1. The molecule has 0 radical (unpaired) electrons. The molecule has 96 valence electrons. The van der Waals surface area contributed by atoms with Gasteiger partial charge in [0.05, 0.1) is 0 Å².